The van der Waals surface area contributed by atoms with E-state index in [1.807, 2.05) is 6.07 Å². The van der Waals surface area contributed by atoms with Crippen LogP contribution in [0.5, 0.6) is 5.75 Å². The Morgan fingerprint density at radius 1 is 0.818 bits per heavy atom. The number of benzene rings is 1. The third kappa shape index (κ3) is 6.86. The topological polar surface area (TPSA) is 27.7 Å². The summed E-state index contributed by atoms with van der Waals surface area (Å²) in [6.45, 7) is 5.53. The lowest BCUT2D eigenvalue weighted by Gasteiger charge is -2.50. The summed E-state index contributed by atoms with van der Waals surface area (Å²) in [7, 11) is 0. The van der Waals surface area contributed by atoms with Crippen LogP contribution < -0.4 is 4.74 Å². The maximum absolute atomic E-state index is 13.1. The van der Waals surface area contributed by atoms with Crippen LogP contribution in [-0.2, 0) is 15.9 Å². The van der Waals surface area contributed by atoms with E-state index in [-0.39, 0.29) is 18.1 Å². The number of unbranched alkanes of at least 4 members (excludes halogenated alkanes) is 1. The average Bonchev–Trinajstić information content (AvgIpc) is 3.23. The molecule has 0 N–H and O–H groups in total. The second kappa shape index (κ2) is 13.2. The molecule has 0 saturated heterocycles. The average molecular weight is 647 g/mol. The molecule has 3 aliphatic carbocycles. The Balaban J connectivity index is 1.31. The monoisotopic (exact) mass is 646 g/mol. The SMILES string of the molecule is CC(C)CCCCOc1ccc2c(c1)CCC1C2CCC2(C)C(OCCCOC(C(F)(F)F)(C(F)(F)F)C(F)(F)F)CCC12. The quantitative estimate of drug-likeness (QED) is 0.167. The zero-order valence-electron chi connectivity index (χ0n) is 25.4. The van der Waals surface area contributed by atoms with Gasteiger partial charge in [0.2, 0.25) is 0 Å². The highest BCUT2D eigenvalue weighted by molar-refractivity contribution is 5.40. The summed E-state index contributed by atoms with van der Waals surface area (Å²) in [6, 6.07) is 6.39. The smallest absolute Gasteiger partial charge is 0.435 e. The van der Waals surface area contributed by atoms with Crippen molar-refractivity contribution in [3.8, 4) is 5.75 Å². The van der Waals surface area contributed by atoms with Gasteiger partial charge < -0.3 is 14.2 Å². The molecule has 3 aliphatic rings. The molecular weight excluding hydrogens is 603 g/mol. The van der Waals surface area contributed by atoms with Gasteiger partial charge in [0.15, 0.2) is 0 Å². The van der Waals surface area contributed by atoms with E-state index in [9.17, 15) is 39.5 Å². The van der Waals surface area contributed by atoms with Crippen molar-refractivity contribution in [3.63, 3.8) is 0 Å². The van der Waals surface area contributed by atoms with Crippen LogP contribution in [0, 0.1) is 23.2 Å². The minimum absolute atomic E-state index is 0.230. The molecule has 5 atom stereocenters. The van der Waals surface area contributed by atoms with Gasteiger partial charge in [0.25, 0.3) is 0 Å². The normalized spacial score (nSPS) is 27.7. The van der Waals surface area contributed by atoms with E-state index in [4.69, 9.17) is 9.47 Å². The van der Waals surface area contributed by atoms with E-state index >= 15 is 0 Å². The molecular formula is C32H43F9O3. The first-order chi connectivity index (χ1) is 20.4. The molecule has 2 saturated carbocycles. The second-order valence-electron chi connectivity index (χ2n) is 13.4. The van der Waals surface area contributed by atoms with Gasteiger partial charge in [0.05, 0.1) is 19.3 Å². The Morgan fingerprint density at radius 3 is 2.14 bits per heavy atom. The molecule has 0 aromatic heterocycles. The third-order valence-corrected chi connectivity index (χ3v) is 10.2. The number of ether oxygens (including phenoxy) is 3. The van der Waals surface area contributed by atoms with Crippen molar-refractivity contribution in [2.24, 2.45) is 23.2 Å². The molecule has 0 spiro atoms. The lowest BCUT2D eigenvalue weighted by atomic mass is 9.55. The predicted octanol–water partition coefficient (Wildman–Crippen LogP) is 9.97. The summed E-state index contributed by atoms with van der Waals surface area (Å²) in [6.07, 6.45) is -12.4. The molecule has 0 aliphatic heterocycles. The van der Waals surface area contributed by atoms with E-state index in [0.29, 0.717) is 36.7 Å². The van der Waals surface area contributed by atoms with Crippen molar-refractivity contribution >= 4 is 0 Å². The first kappa shape index (κ1) is 35.2. The molecule has 0 radical (unpaired) electrons. The molecule has 252 valence electrons. The molecule has 4 rings (SSSR count). The van der Waals surface area contributed by atoms with E-state index < -0.39 is 37.2 Å². The van der Waals surface area contributed by atoms with Gasteiger partial charge in [0, 0.05) is 6.61 Å². The fraction of sp³-hybridized carbons (Fsp3) is 0.812. The van der Waals surface area contributed by atoms with Crippen LogP contribution in [0.15, 0.2) is 18.2 Å². The molecule has 5 unspecified atom stereocenters. The Hall–Kier alpha value is -1.69. The molecule has 1 aromatic carbocycles. The summed E-state index contributed by atoms with van der Waals surface area (Å²) >= 11 is 0. The summed E-state index contributed by atoms with van der Waals surface area (Å²) in [5.74, 6) is 2.72. The summed E-state index contributed by atoms with van der Waals surface area (Å²) in [5, 5.41) is 0. The van der Waals surface area contributed by atoms with Crippen LogP contribution in [-0.4, -0.2) is 50.1 Å². The first-order valence-electron chi connectivity index (χ1n) is 15.6. The lowest BCUT2D eigenvalue weighted by molar-refractivity contribution is -0.457. The van der Waals surface area contributed by atoms with Crippen molar-refractivity contribution in [1.29, 1.82) is 0 Å². The molecule has 3 nitrogen and oxygen atoms in total. The second-order valence-corrected chi connectivity index (χ2v) is 13.4. The highest BCUT2D eigenvalue weighted by Crippen LogP contribution is 2.62. The van der Waals surface area contributed by atoms with Gasteiger partial charge >= 0.3 is 24.1 Å². The van der Waals surface area contributed by atoms with Crippen molar-refractivity contribution in [1.82, 2.24) is 0 Å². The van der Waals surface area contributed by atoms with Gasteiger partial charge in [-0.05, 0) is 110 Å². The summed E-state index contributed by atoms with van der Waals surface area (Å²) in [4.78, 5) is 0. The number of fused-ring (bicyclic) bond motifs is 5. The maximum atomic E-state index is 13.1. The molecule has 44 heavy (non-hydrogen) atoms. The molecule has 0 amide bonds. The van der Waals surface area contributed by atoms with Gasteiger partial charge in [0.1, 0.15) is 5.75 Å². The fourth-order valence-electron chi connectivity index (χ4n) is 7.96. The van der Waals surface area contributed by atoms with Gasteiger partial charge in [-0.3, -0.25) is 0 Å². The Morgan fingerprint density at radius 2 is 1.50 bits per heavy atom. The first-order valence-corrected chi connectivity index (χ1v) is 15.6. The number of hydrogen-bond acceptors (Lipinski definition) is 3. The van der Waals surface area contributed by atoms with Crippen molar-refractivity contribution < 1.29 is 53.7 Å². The predicted molar refractivity (Wildman–Crippen MR) is 146 cm³/mol. The zero-order chi connectivity index (χ0) is 32.6. The summed E-state index contributed by atoms with van der Waals surface area (Å²) < 4.78 is 133. The molecule has 0 bridgehead atoms. The number of rotatable bonds is 12. The molecule has 1 aromatic rings. The van der Waals surface area contributed by atoms with Crippen LogP contribution in [0.2, 0.25) is 0 Å². The third-order valence-electron chi connectivity index (χ3n) is 10.2. The van der Waals surface area contributed by atoms with Gasteiger partial charge in [-0.25, -0.2) is 0 Å². The number of aryl methyl sites for hydroxylation is 1. The van der Waals surface area contributed by atoms with Crippen molar-refractivity contribution in [2.45, 2.75) is 121 Å². The van der Waals surface area contributed by atoms with Crippen LogP contribution in [0.25, 0.3) is 0 Å². The minimum atomic E-state index is -6.73. The highest BCUT2D eigenvalue weighted by Gasteiger charge is 2.85. The van der Waals surface area contributed by atoms with Gasteiger partial charge in [-0.1, -0.05) is 33.3 Å². The van der Waals surface area contributed by atoms with Crippen molar-refractivity contribution in [2.75, 3.05) is 19.8 Å². The van der Waals surface area contributed by atoms with Crippen LogP contribution in [0.1, 0.15) is 95.6 Å². The molecule has 2 fully saturated rings. The van der Waals surface area contributed by atoms with Crippen LogP contribution in [0.3, 0.4) is 0 Å². The summed E-state index contributed by atoms with van der Waals surface area (Å²) in [5.41, 5.74) is -3.81. The number of hydrogen-bond donors (Lipinski definition) is 0. The molecule has 12 heteroatoms. The van der Waals surface area contributed by atoms with Gasteiger partial charge in [-0.2, -0.15) is 39.5 Å². The lowest BCUT2D eigenvalue weighted by Crippen LogP contribution is -2.67. The standard InChI is InChI=1S/C32H43F9O3/c1-20(2)7-4-5-16-42-22-9-11-23-21(19-22)8-10-25-24(23)14-15-28(3)26(25)12-13-27(28)43-17-6-18-44-29(30(33,34)35,31(36,37)38)32(39,40)41/h9,11,19-20,24-27H,4-8,10,12-18H2,1-3H3. The van der Waals surface area contributed by atoms with E-state index in [2.05, 4.69) is 37.6 Å². The van der Waals surface area contributed by atoms with Crippen LogP contribution in [0.4, 0.5) is 39.5 Å². The van der Waals surface area contributed by atoms with Crippen molar-refractivity contribution in [3.05, 3.63) is 29.3 Å². The Bertz CT molecular complexity index is 1060. The Kier molecular flexibility index (Phi) is 10.6. The van der Waals surface area contributed by atoms with E-state index in [1.165, 1.54) is 17.5 Å². The Labute approximate surface area is 253 Å². The largest absolute Gasteiger partial charge is 0.494 e. The number of alkyl halides is 9. The number of halogens is 9. The molecule has 0 heterocycles. The van der Waals surface area contributed by atoms with E-state index in [0.717, 1.165) is 50.7 Å². The highest BCUT2D eigenvalue weighted by atomic mass is 19.4. The maximum Gasteiger partial charge on any atom is 0.435 e. The van der Waals surface area contributed by atoms with Crippen LogP contribution >= 0.6 is 0 Å². The van der Waals surface area contributed by atoms with E-state index in [1.54, 1.807) is 0 Å². The zero-order valence-corrected chi connectivity index (χ0v) is 25.4. The van der Waals surface area contributed by atoms with Gasteiger partial charge in [-0.15, -0.1) is 0 Å². The minimum Gasteiger partial charge on any atom is -0.494 e. The fourth-order valence-corrected chi connectivity index (χ4v) is 7.96.